The molecule has 0 bridgehead atoms. The van der Waals surface area contributed by atoms with Gasteiger partial charge < -0.3 is 4.90 Å². The minimum Gasteiger partial charge on any atom is -0.335 e. The zero-order valence-corrected chi connectivity index (χ0v) is 15.8. The van der Waals surface area contributed by atoms with Gasteiger partial charge in [-0.3, -0.25) is 4.79 Å². The van der Waals surface area contributed by atoms with Crippen LogP contribution in [0.3, 0.4) is 0 Å². The number of nitrogens with zero attached hydrogens (tertiary/aromatic N) is 1. The van der Waals surface area contributed by atoms with Gasteiger partial charge in [-0.2, -0.15) is 0 Å². The highest BCUT2D eigenvalue weighted by atomic mass is 35.5. The lowest BCUT2D eigenvalue weighted by atomic mass is 10.1. The molecule has 140 valence electrons. The number of hydrogen-bond donors (Lipinski definition) is 1. The molecule has 0 spiro atoms. The lowest BCUT2D eigenvalue weighted by molar-refractivity contribution is 0.0742. The first kappa shape index (κ1) is 20.3. The summed E-state index contributed by atoms with van der Waals surface area (Å²) in [5.41, 5.74) is 0.370. The van der Waals surface area contributed by atoms with Gasteiger partial charge in [0.1, 0.15) is 0 Å². The summed E-state index contributed by atoms with van der Waals surface area (Å²) in [6, 6.07) is 6.53. The van der Waals surface area contributed by atoms with Gasteiger partial charge in [0.2, 0.25) is 10.0 Å². The third kappa shape index (κ3) is 4.03. The summed E-state index contributed by atoms with van der Waals surface area (Å²) in [5, 5.41) is 0.0781. The summed E-state index contributed by atoms with van der Waals surface area (Å²) in [6.07, 6.45) is 0. The Bertz CT molecular complexity index is 951. The van der Waals surface area contributed by atoms with Gasteiger partial charge in [0, 0.05) is 7.05 Å². The Labute approximate surface area is 155 Å². The molecule has 1 N–H and O–H groups in total. The molecule has 9 heteroatoms. The molecule has 0 saturated carbocycles. The Hall–Kier alpha value is -2.03. The van der Waals surface area contributed by atoms with Crippen LogP contribution in [-0.4, -0.2) is 33.3 Å². The van der Waals surface area contributed by atoms with E-state index in [4.69, 9.17) is 11.6 Å². The van der Waals surface area contributed by atoms with Crippen molar-refractivity contribution < 1.29 is 22.0 Å². The van der Waals surface area contributed by atoms with Crippen LogP contribution >= 0.6 is 11.6 Å². The molecule has 1 atom stereocenters. The van der Waals surface area contributed by atoms with Crippen molar-refractivity contribution in [2.45, 2.75) is 17.9 Å². The first-order valence-electron chi connectivity index (χ1n) is 7.53. The molecule has 0 aliphatic carbocycles. The largest absolute Gasteiger partial charge is 0.335 e. The van der Waals surface area contributed by atoms with Crippen molar-refractivity contribution in [1.29, 1.82) is 0 Å². The maximum absolute atomic E-state index is 13.4. The lowest BCUT2D eigenvalue weighted by Gasteiger charge is -2.26. The zero-order chi connectivity index (χ0) is 19.6. The summed E-state index contributed by atoms with van der Waals surface area (Å²) in [6.45, 7) is 1.63. The van der Waals surface area contributed by atoms with Gasteiger partial charge in [0.05, 0.1) is 21.5 Å². The van der Waals surface area contributed by atoms with Crippen LogP contribution in [0.1, 0.15) is 28.9 Å². The number of benzene rings is 2. The van der Waals surface area contributed by atoms with Gasteiger partial charge >= 0.3 is 0 Å². The van der Waals surface area contributed by atoms with Gasteiger partial charge in [0.15, 0.2) is 11.6 Å². The number of carbonyl (C=O) groups is 1. The normalized spacial score (nSPS) is 12.7. The molecule has 0 heterocycles. The summed E-state index contributed by atoms with van der Waals surface area (Å²) in [7, 11) is -1.04. The minimum atomic E-state index is -3.75. The van der Waals surface area contributed by atoms with Crippen LogP contribution < -0.4 is 4.72 Å². The first-order valence-corrected chi connectivity index (χ1v) is 9.39. The molecule has 2 aromatic rings. The third-order valence-electron chi connectivity index (χ3n) is 4.07. The number of nitrogens with one attached hydrogen (secondary N) is 1. The summed E-state index contributed by atoms with van der Waals surface area (Å²) >= 11 is 6.05. The number of rotatable bonds is 5. The fraction of sp³-hybridized carbons (Fsp3) is 0.235. The van der Waals surface area contributed by atoms with E-state index in [2.05, 4.69) is 4.72 Å². The molecule has 1 unspecified atom stereocenters. The Balaban J connectivity index is 2.38. The smallest absolute Gasteiger partial charge is 0.255 e. The third-order valence-corrected chi connectivity index (χ3v) is 5.82. The van der Waals surface area contributed by atoms with Crippen LogP contribution in [0.5, 0.6) is 0 Å². The van der Waals surface area contributed by atoms with Crippen LogP contribution in [-0.2, 0) is 10.0 Å². The molecule has 26 heavy (non-hydrogen) atoms. The molecule has 2 rings (SSSR count). The number of halogens is 3. The molecular formula is C17H17ClF2N2O3S. The van der Waals surface area contributed by atoms with E-state index < -0.39 is 33.6 Å². The van der Waals surface area contributed by atoms with Gasteiger partial charge in [-0.25, -0.2) is 21.9 Å². The van der Waals surface area contributed by atoms with Gasteiger partial charge in [0.25, 0.3) is 5.91 Å². The maximum atomic E-state index is 13.4. The molecule has 0 radical (unpaired) electrons. The minimum absolute atomic E-state index is 0.0140. The molecule has 5 nitrogen and oxygen atoms in total. The van der Waals surface area contributed by atoms with Crippen molar-refractivity contribution in [2.24, 2.45) is 0 Å². The fourth-order valence-electron chi connectivity index (χ4n) is 2.32. The number of carbonyl (C=O) groups excluding carboxylic acids is 1. The van der Waals surface area contributed by atoms with Crippen molar-refractivity contribution in [3.8, 4) is 0 Å². The number of hydrogen-bond acceptors (Lipinski definition) is 3. The van der Waals surface area contributed by atoms with Gasteiger partial charge in [-0.1, -0.05) is 17.7 Å². The predicted octanol–water partition coefficient (Wildman–Crippen LogP) is 3.36. The van der Waals surface area contributed by atoms with Crippen LogP contribution in [0.15, 0.2) is 41.3 Å². The SMILES string of the molecule is CNS(=O)(=O)c1ccc(Cl)c(C(=O)N(C)C(C)c2ccc(F)c(F)c2)c1. The average molecular weight is 403 g/mol. The van der Waals surface area contributed by atoms with E-state index >= 15 is 0 Å². The van der Waals surface area contributed by atoms with Crippen LogP contribution in [0.25, 0.3) is 0 Å². The maximum Gasteiger partial charge on any atom is 0.255 e. The highest BCUT2D eigenvalue weighted by molar-refractivity contribution is 7.89. The molecule has 0 fully saturated rings. The Morgan fingerprint density at radius 1 is 1.15 bits per heavy atom. The Morgan fingerprint density at radius 2 is 1.81 bits per heavy atom. The van der Waals surface area contributed by atoms with Crippen molar-refractivity contribution in [3.05, 3.63) is 64.2 Å². The van der Waals surface area contributed by atoms with Crippen LogP contribution in [0.4, 0.5) is 8.78 Å². The van der Waals surface area contributed by atoms with E-state index in [1.165, 1.54) is 43.3 Å². The molecule has 0 aliphatic heterocycles. The molecule has 0 saturated heterocycles. The number of sulfonamides is 1. The molecule has 0 aliphatic rings. The molecular weight excluding hydrogens is 386 g/mol. The number of amides is 1. The second kappa shape index (κ2) is 7.69. The van der Waals surface area contributed by atoms with Gasteiger partial charge in [-0.05, 0) is 49.9 Å². The van der Waals surface area contributed by atoms with Gasteiger partial charge in [-0.15, -0.1) is 0 Å². The molecule has 0 aromatic heterocycles. The van der Waals surface area contributed by atoms with E-state index in [0.717, 1.165) is 12.1 Å². The summed E-state index contributed by atoms with van der Waals surface area (Å²) < 4.78 is 52.5. The Kier molecular flexibility index (Phi) is 6.00. The van der Waals surface area contributed by atoms with E-state index in [9.17, 15) is 22.0 Å². The highest BCUT2D eigenvalue weighted by Crippen LogP contribution is 2.26. The van der Waals surface area contributed by atoms with Crippen LogP contribution in [0, 0.1) is 11.6 Å². The van der Waals surface area contributed by atoms with Crippen molar-refractivity contribution in [2.75, 3.05) is 14.1 Å². The quantitative estimate of drug-likeness (QED) is 0.833. The first-order chi connectivity index (χ1) is 12.1. The van der Waals surface area contributed by atoms with E-state index in [0.29, 0.717) is 5.56 Å². The summed E-state index contributed by atoms with van der Waals surface area (Å²) in [4.78, 5) is 13.9. The average Bonchev–Trinajstić information content (AvgIpc) is 2.62. The summed E-state index contributed by atoms with van der Waals surface area (Å²) in [5.74, 6) is -2.56. The topological polar surface area (TPSA) is 66.5 Å². The van der Waals surface area contributed by atoms with E-state index in [1.807, 2.05) is 0 Å². The molecule has 2 aromatic carbocycles. The second-order valence-electron chi connectivity index (χ2n) is 5.61. The van der Waals surface area contributed by atoms with Crippen molar-refractivity contribution >= 4 is 27.5 Å². The lowest BCUT2D eigenvalue weighted by Crippen LogP contribution is -2.30. The fourth-order valence-corrected chi connectivity index (χ4v) is 3.27. The van der Waals surface area contributed by atoms with Crippen LogP contribution in [0.2, 0.25) is 5.02 Å². The highest BCUT2D eigenvalue weighted by Gasteiger charge is 2.24. The zero-order valence-electron chi connectivity index (χ0n) is 14.3. The monoisotopic (exact) mass is 402 g/mol. The second-order valence-corrected chi connectivity index (χ2v) is 7.91. The standard InChI is InChI=1S/C17H17ClF2N2O3S/c1-10(11-4-7-15(19)16(20)8-11)22(3)17(23)13-9-12(5-6-14(13)18)26(24,25)21-2/h4-10,21H,1-3H3. The van der Waals surface area contributed by atoms with Crippen molar-refractivity contribution in [3.63, 3.8) is 0 Å². The van der Waals surface area contributed by atoms with E-state index in [1.54, 1.807) is 6.92 Å². The van der Waals surface area contributed by atoms with Crippen molar-refractivity contribution in [1.82, 2.24) is 9.62 Å². The predicted molar refractivity (Wildman–Crippen MR) is 94.6 cm³/mol. The Morgan fingerprint density at radius 3 is 2.38 bits per heavy atom. The molecule has 1 amide bonds. The van der Waals surface area contributed by atoms with E-state index in [-0.39, 0.29) is 15.5 Å².